The second kappa shape index (κ2) is 14.7. The highest BCUT2D eigenvalue weighted by molar-refractivity contribution is 7.02. The van der Waals surface area contributed by atoms with E-state index >= 15 is 0 Å². The topological polar surface area (TPSA) is 31.8 Å². The summed E-state index contributed by atoms with van der Waals surface area (Å²) in [6.07, 6.45) is 1.88. The fourth-order valence-corrected chi connectivity index (χ4v) is 11.5. The van der Waals surface area contributed by atoms with E-state index < -0.39 is 68.5 Å². The summed E-state index contributed by atoms with van der Waals surface area (Å²) in [6, 6.07) is 34.4. The lowest BCUT2D eigenvalue weighted by Crippen LogP contribution is -2.58. The maximum atomic E-state index is 9.04. The summed E-state index contributed by atoms with van der Waals surface area (Å²) < 4.78 is 94.0. The van der Waals surface area contributed by atoms with Crippen molar-refractivity contribution in [1.82, 2.24) is 4.98 Å². The molecule has 2 aliphatic heterocycles. The Morgan fingerprint density at radius 3 is 1.87 bits per heavy atom. The predicted octanol–water partition coefficient (Wildman–Crippen LogP) is 13.4. The van der Waals surface area contributed by atoms with Crippen molar-refractivity contribution in [1.29, 1.82) is 0 Å². The molecule has 0 amide bonds. The number of para-hydroxylation sites is 4. The highest BCUT2D eigenvalue weighted by Crippen LogP contribution is 2.50. The molecule has 8 aromatic rings. The summed E-state index contributed by atoms with van der Waals surface area (Å²) in [5, 5.41) is 2.58. The number of hydrogen-bond donors (Lipinski definition) is 0. The minimum atomic E-state index is -2.18. The molecule has 7 aromatic carbocycles. The lowest BCUT2D eigenvalue weighted by atomic mass is 9.88. The molecule has 0 saturated heterocycles. The van der Waals surface area contributed by atoms with E-state index in [1.165, 1.54) is 15.9 Å². The summed E-state index contributed by atoms with van der Waals surface area (Å²) in [5.74, 6) is 2.03. The third-order valence-corrected chi connectivity index (χ3v) is 15.0. The summed E-state index contributed by atoms with van der Waals surface area (Å²) in [7, 11) is -2.18. The van der Waals surface area contributed by atoms with Gasteiger partial charge in [0.25, 0.3) is 0 Å². The van der Waals surface area contributed by atoms with Gasteiger partial charge in [0, 0.05) is 40.8 Å². The van der Waals surface area contributed by atoms with Crippen molar-refractivity contribution >= 4 is 58.4 Å². The number of rotatable bonds is 7. The van der Waals surface area contributed by atoms with E-state index in [2.05, 4.69) is 92.2 Å². The van der Waals surface area contributed by atoms with Gasteiger partial charge in [-0.1, -0.05) is 155 Å². The first-order valence-electron chi connectivity index (χ1n) is 25.0. The van der Waals surface area contributed by atoms with Gasteiger partial charge in [-0.2, -0.15) is 0 Å². The molecule has 0 radical (unpaired) electrons. The molecule has 6 heteroatoms. The zero-order chi connectivity index (χ0) is 49.7. The molecule has 2 aliphatic rings. The SMILES string of the molecule is [2H]c1c([2H])c([2H])c(-c2cccc(-c3c([2H])c([2H])c([2H])c([2H])c3[2H])c2N2CN(c3cccc(Oc4ccc5c(c4)N(c4cc(C(C)(C)C)ccn4)c4ccccc4[Si]5(C)C)c3)c3ccccc32)c([2H])c1[2H]. The Balaban J connectivity index is 1.08. The van der Waals surface area contributed by atoms with Crippen LogP contribution in [0, 0.1) is 0 Å². The van der Waals surface area contributed by atoms with E-state index in [1.807, 2.05) is 65.7 Å². The normalized spacial score (nSPS) is 16.4. The van der Waals surface area contributed by atoms with E-state index in [4.69, 9.17) is 23.4 Å². The Hall–Kier alpha value is -6.89. The lowest BCUT2D eigenvalue weighted by molar-refractivity contribution is 0.483. The van der Waals surface area contributed by atoms with Gasteiger partial charge in [-0.3, -0.25) is 4.90 Å². The fourth-order valence-electron chi connectivity index (χ4n) is 8.50. The zero-order valence-electron chi connectivity index (χ0n) is 44.0. The predicted molar refractivity (Wildman–Crippen MR) is 254 cm³/mol. The van der Waals surface area contributed by atoms with Crippen molar-refractivity contribution < 1.29 is 18.4 Å². The molecule has 10 rings (SSSR count). The molecule has 5 nitrogen and oxygen atoms in total. The van der Waals surface area contributed by atoms with Gasteiger partial charge in [0.2, 0.25) is 0 Å². The van der Waals surface area contributed by atoms with Gasteiger partial charge in [-0.05, 0) is 81.0 Å². The number of benzene rings is 7. The molecule has 3 heterocycles. The molecule has 60 heavy (non-hydrogen) atoms. The number of anilines is 7. The molecule has 1 aromatic heterocycles. The Morgan fingerprint density at radius 2 is 1.18 bits per heavy atom. The summed E-state index contributed by atoms with van der Waals surface area (Å²) in [4.78, 5) is 11.1. The molecule has 0 N–H and O–H groups in total. The molecule has 0 fully saturated rings. The van der Waals surface area contributed by atoms with Crippen molar-refractivity contribution in [3.8, 4) is 33.8 Å². The number of nitrogens with zero attached hydrogens (tertiary/aromatic N) is 4. The second-order valence-electron chi connectivity index (χ2n) is 16.6. The first-order valence-corrected chi connectivity index (χ1v) is 23.0. The van der Waals surface area contributed by atoms with Crippen LogP contribution in [0.25, 0.3) is 22.3 Å². The minimum absolute atomic E-state index is 0.0857. The van der Waals surface area contributed by atoms with E-state index in [9.17, 15) is 0 Å². The smallest absolute Gasteiger partial charge is 0.137 e. The number of hydrogen-bond acceptors (Lipinski definition) is 5. The van der Waals surface area contributed by atoms with Gasteiger partial charge in [-0.25, -0.2) is 4.98 Å². The number of aromatic nitrogens is 1. The quantitative estimate of drug-likeness (QED) is 0.150. The Kier molecular flexibility index (Phi) is 6.81. The second-order valence-corrected chi connectivity index (χ2v) is 20.9. The largest absolute Gasteiger partial charge is 0.457 e. The molecule has 0 atom stereocenters. The number of ether oxygens (including phenoxy) is 1. The van der Waals surface area contributed by atoms with E-state index in [1.54, 1.807) is 18.2 Å². The monoisotopic (exact) mass is 806 g/mol. The van der Waals surface area contributed by atoms with Crippen molar-refractivity contribution in [3.63, 3.8) is 0 Å². The van der Waals surface area contributed by atoms with Crippen LogP contribution in [0.1, 0.15) is 40.0 Å². The van der Waals surface area contributed by atoms with E-state index in [-0.39, 0.29) is 34.3 Å². The van der Waals surface area contributed by atoms with Crippen LogP contribution >= 0.6 is 0 Å². The van der Waals surface area contributed by atoms with Crippen LogP contribution in [0.2, 0.25) is 13.1 Å². The average Bonchev–Trinajstić information content (AvgIpc) is 3.73. The van der Waals surface area contributed by atoms with Gasteiger partial charge in [0.1, 0.15) is 32.1 Å². The molecule has 0 aliphatic carbocycles. The van der Waals surface area contributed by atoms with Crippen LogP contribution in [-0.2, 0) is 5.41 Å². The molecular weight excluding hydrogens is 749 g/mol. The summed E-state index contributed by atoms with van der Waals surface area (Å²) >= 11 is 0. The lowest BCUT2D eigenvalue weighted by Gasteiger charge is -2.40. The van der Waals surface area contributed by atoms with Gasteiger partial charge >= 0.3 is 0 Å². The maximum absolute atomic E-state index is 9.04. The van der Waals surface area contributed by atoms with Crippen molar-refractivity contribution in [2.75, 3.05) is 21.4 Å². The summed E-state index contributed by atoms with van der Waals surface area (Å²) in [5.41, 5.74) is 5.98. The van der Waals surface area contributed by atoms with Crippen molar-refractivity contribution in [2.45, 2.75) is 39.3 Å². The third-order valence-electron chi connectivity index (χ3n) is 11.5. The van der Waals surface area contributed by atoms with E-state index in [0.717, 1.165) is 28.6 Å². The first kappa shape index (κ1) is 27.7. The molecule has 0 saturated carbocycles. The van der Waals surface area contributed by atoms with Gasteiger partial charge in [0.05, 0.1) is 36.5 Å². The first-order chi connectivity index (χ1) is 33.3. The fraction of sp³-hybridized carbons (Fsp3) is 0.130. The Morgan fingerprint density at radius 1 is 0.583 bits per heavy atom. The highest BCUT2D eigenvalue weighted by atomic mass is 28.3. The molecule has 0 spiro atoms. The Labute approximate surface area is 368 Å². The van der Waals surface area contributed by atoms with Crippen LogP contribution in [0.4, 0.5) is 39.9 Å². The summed E-state index contributed by atoms with van der Waals surface area (Å²) in [6.45, 7) is 11.5. The minimum Gasteiger partial charge on any atom is -0.457 e. The van der Waals surface area contributed by atoms with Gasteiger partial charge < -0.3 is 14.5 Å². The number of fused-ring (bicyclic) bond motifs is 3. The standard InChI is InChI=1S/C54H48N4OSi/c1-54(2,3)40-32-33-55-52(34-40)58-48-28-14-15-29-50(48)60(4,5)51-31-30-43(36-49(51)58)59-42-23-16-22-41(35-42)56-37-57(47-27-13-12-26-46(47)56)53-44(38-18-8-6-9-19-38)24-17-25-45(53)39-20-10-7-11-21-39/h6-36H,37H2,1-5H3/i6D,7D,8D,9D,10D,11D,18D,19D,20D,21D. The molecular formula is C54H48N4OSi. The van der Waals surface area contributed by atoms with E-state index in [0.29, 0.717) is 22.9 Å². The average molecular weight is 807 g/mol. The van der Waals surface area contributed by atoms with Crippen molar-refractivity contribution in [2.24, 2.45) is 0 Å². The Bertz CT molecular complexity index is 3320. The van der Waals surface area contributed by atoms with Crippen molar-refractivity contribution in [3.05, 3.63) is 194 Å². The molecule has 0 unspecified atom stereocenters. The van der Waals surface area contributed by atoms with Crippen LogP contribution in [-0.4, -0.2) is 19.7 Å². The zero-order valence-corrected chi connectivity index (χ0v) is 35.0. The molecule has 0 bridgehead atoms. The van der Waals surface area contributed by atoms with Gasteiger partial charge in [0.15, 0.2) is 0 Å². The van der Waals surface area contributed by atoms with Crippen LogP contribution in [0.3, 0.4) is 0 Å². The molecule has 294 valence electrons. The number of pyridine rings is 1. The van der Waals surface area contributed by atoms with Crippen LogP contribution < -0.4 is 29.8 Å². The highest BCUT2D eigenvalue weighted by Gasteiger charge is 2.39. The van der Waals surface area contributed by atoms with Crippen LogP contribution in [0.15, 0.2) is 188 Å². The maximum Gasteiger partial charge on any atom is 0.137 e. The van der Waals surface area contributed by atoms with Crippen LogP contribution in [0.5, 0.6) is 11.5 Å². The third kappa shape index (κ3) is 6.54. The van der Waals surface area contributed by atoms with Gasteiger partial charge in [-0.15, -0.1) is 0 Å².